The molecule has 0 spiro atoms. The summed E-state index contributed by atoms with van der Waals surface area (Å²) >= 11 is 0. The number of aromatic nitrogens is 1. The second kappa shape index (κ2) is 9.28. The van der Waals surface area contributed by atoms with E-state index in [1.54, 1.807) is 35.2 Å². The Morgan fingerprint density at radius 1 is 1.00 bits per heavy atom. The van der Waals surface area contributed by atoms with Gasteiger partial charge in [-0.25, -0.2) is 0 Å². The molecule has 170 valence electrons. The highest BCUT2D eigenvalue weighted by Gasteiger charge is 2.34. The van der Waals surface area contributed by atoms with Gasteiger partial charge in [-0.05, 0) is 32.0 Å². The predicted octanol–water partition coefficient (Wildman–Crippen LogP) is 2.47. The number of amides is 3. The molecule has 0 bridgehead atoms. The number of rotatable bonds is 5. The second-order valence-corrected chi connectivity index (χ2v) is 8.08. The lowest BCUT2D eigenvalue weighted by atomic mass is 10.0. The molecule has 1 unspecified atom stereocenters. The summed E-state index contributed by atoms with van der Waals surface area (Å²) in [6.07, 6.45) is 1.48. The summed E-state index contributed by atoms with van der Waals surface area (Å²) < 4.78 is 0. The quantitative estimate of drug-likeness (QED) is 0.464. The lowest BCUT2D eigenvalue weighted by Crippen LogP contribution is -2.56. The van der Waals surface area contributed by atoms with E-state index < -0.39 is 11.7 Å². The molecule has 1 fully saturated rings. The van der Waals surface area contributed by atoms with Crippen molar-refractivity contribution in [3.63, 3.8) is 0 Å². The van der Waals surface area contributed by atoms with Gasteiger partial charge in [-0.1, -0.05) is 30.3 Å². The maximum Gasteiger partial charge on any atom is 0.295 e. The Kier molecular flexibility index (Phi) is 6.26. The molecule has 8 nitrogen and oxygen atoms in total. The van der Waals surface area contributed by atoms with Gasteiger partial charge in [0.1, 0.15) is 0 Å². The third-order valence-corrected chi connectivity index (χ3v) is 5.93. The summed E-state index contributed by atoms with van der Waals surface area (Å²) in [7, 11) is 0. The number of para-hydroxylation sites is 1. The van der Waals surface area contributed by atoms with E-state index in [2.05, 4.69) is 10.3 Å². The van der Waals surface area contributed by atoms with Crippen LogP contribution in [0.1, 0.15) is 44.9 Å². The Morgan fingerprint density at radius 3 is 2.45 bits per heavy atom. The Labute approximate surface area is 191 Å². The third kappa shape index (κ3) is 4.24. The number of benzene rings is 2. The molecule has 2 aromatic carbocycles. The van der Waals surface area contributed by atoms with Crippen LogP contribution in [-0.4, -0.2) is 70.5 Å². The summed E-state index contributed by atoms with van der Waals surface area (Å²) in [5.74, 6) is -1.58. The topological polar surface area (TPSA) is 103 Å². The van der Waals surface area contributed by atoms with E-state index in [9.17, 15) is 19.2 Å². The number of ketones is 1. The van der Waals surface area contributed by atoms with Gasteiger partial charge in [0.25, 0.3) is 23.5 Å². The van der Waals surface area contributed by atoms with Crippen molar-refractivity contribution in [2.45, 2.75) is 19.9 Å². The highest BCUT2D eigenvalue weighted by Crippen LogP contribution is 2.24. The second-order valence-electron chi connectivity index (χ2n) is 8.08. The fourth-order valence-corrected chi connectivity index (χ4v) is 4.24. The van der Waals surface area contributed by atoms with Crippen LogP contribution in [0.15, 0.2) is 54.7 Å². The minimum absolute atomic E-state index is 0.0876. The minimum Gasteiger partial charge on any atom is -0.360 e. The van der Waals surface area contributed by atoms with Gasteiger partial charge in [-0.15, -0.1) is 0 Å². The lowest BCUT2D eigenvalue weighted by Gasteiger charge is -2.39. The SMILES string of the molecule is CCNC(=O)c1cccc2c(C(=O)C(=O)N3CCN(C(=O)c4ccccc4)CC3C)c[nH]c12. The molecule has 1 aliphatic heterocycles. The normalized spacial score (nSPS) is 16.0. The summed E-state index contributed by atoms with van der Waals surface area (Å²) in [6.45, 7) is 5.12. The molecule has 1 atom stereocenters. The molecule has 0 aliphatic carbocycles. The largest absolute Gasteiger partial charge is 0.360 e. The van der Waals surface area contributed by atoms with Crippen molar-refractivity contribution < 1.29 is 19.2 Å². The third-order valence-electron chi connectivity index (χ3n) is 5.93. The van der Waals surface area contributed by atoms with E-state index in [0.717, 1.165) is 0 Å². The van der Waals surface area contributed by atoms with Gasteiger partial charge in [0.05, 0.1) is 16.6 Å². The molecule has 1 saturated heterocycles. The lowest BCUT2D eigenvalue weighted by molar-refractivity contribution is -0.130. The number of Topliss-reactive ketones (excluding diaryl/α,β-unsaturated/α-hetero) is 1. The number of aromatic amines is 1. The highest BCUT2D eigenvalue weighted by atomic mass is 16.2. The monoisotopic (exact) mass is 446 g/mol. The van der Waals surface area contributed by atoms with Crippen LogP contribution in [0.5, 0.6) is 0 Å². The molecule has 33 heavy (non-hydrogen) atoms. The average Bonchev–Trinajstić information content (AvgIpc) is 3.27. The number of hydrogen-bond acceptors (Lipinski definition) is 4. The molecule has 8 heteroatoms. The first-order chi connectivity index (χ1) is 15.9. The Morgan fingerprint density at radius 2 is 1.76 bits per heavy atom. The minimum atomic E-state index is -0.635. The number of carbonyl (C=O) groups excluding carboxylic acids is 4. The fourth-order valence-electron chi connectivity index (χ4n) is 4.24. The molecular formula is C25H26N4O4. The molecule has 0 radical (unpaired) electrons. The van der Waals surface area contributed by atoms with E-state index >= 15 is 0 Å². The fraction of sp³-hybridized carbons (Fsp3) is 0.280. The number of nitrogens with one attached hydrogen (secondary N) is 2. The summed E-state index contributed by atoms with van der Waals surface area (Å²) in [4.78, 5) is 57.5. The molecular weight excluding hydrogens is 420 g/mol. The molecule has 0 saturated carbocycles. The van der Waals surface area contributed by atoms with Crippen molar-refractivity contribution in [1.29, 1.82) is 0 Å². The molecule has 3 amide bonds. The number of hydrogen-bond donors (Lipinski definition) is 2. The Hall–Kier alpha value is -3.94. The van der Waals surface area contributed by atoms with Gasteiger partial charge in [-0.3, -0.25) is 19.2 Å². The van der Waals surface area contributed by atoms with Crippen molar-refractivity contribution >= 4 is 34.4 Å². The Bertz CT molecular complexity index is 1220. The first-order valence-electron chi connectivity index (χ1n) is 11.0. The highest BCUT2D eigenvalue weighted by molar-refractivity contribution is 6.45. The first kappa shape index (κ1) is 22.3. The smallest absolute Gasteiger partial charge is 0.295 e. The van der Waals surface area contributed by atoms with Gasteiger partial charge in [0, 0.05) is 49.4 Å². The number of fused-ring (bicyclic) bond motifs is 1. The van der Waals surface area contributed by atoms with Crippen molar-refractivity contribution in [3.05, 3.63) is 71.4 Å². The van der Waals surface area contributed by atoms with E-state index in [0.29, 0.717) is 41.7 Å². The van der Waals surface area contributed by atoms with Crippen molar-refractivity contribution in [2.24, 2.45) is 0 Å². The summed E-state index contributed by atoms with van der Waals surface area (Å²) in [5, 5.41) is 3.28. The summed E-state index contributed by atoms with van der Waals surface area (Å²) in [5.41, 5.74) is 1.77. The molecule has 2 N–H and O–H groups in total. The van der Waals surface area contributed by atoms with Gasteiger partial charge < -0.3 is 20.1 Å². The number of piperazine rings is 1. The van der Waals surface area contributed by atoms with Crippen LogP contribution in [0, 0.1) is 0 Å². The van der Waals surface area contributed by atoms with E-state index in [1.165, 1.54) is 11.1 Å². The zero-order valence-corrected chi connectivity index (χ0v) is 18.6. The predicted molar refractivity (Wildman–Crippen MR) is 124 cm³/mol. The maximum absolute atomic E-state index is 13.1. The van der Waals surface area contributed by atoms with Crippen molar-refractivity contribution in [1.82, 2.24) is 20.1 Å². The van der Waals surface area contributed by atoms with Crippen LogP contribution in [-0.2, 0) is 4.79 Å². The van der Waals surface area contributed by atoms with E-state index in [4.69, 9.17) is 0 Å². The average molecular weight is 447 g/mol. The zero-order chi connectivity index (χ0) is 23.5. The number of H-pyrrole nitrogens is 1. The van der Waals surface area contributed by atoms with Crippen LogP contribution in [0.3, 0.4) is 0 Å². The first-order valence-corrected chi connectivity index (χ1v) is 11.0. The van der Waals surface area contributed by atoms with Crippen LogP contribution >= 0.6 is 0 Å². The zero-order valence-electron chi connectivity index (χ0n) is 18.6. The molecule has 3 aromatic rings. The van der Waals surface area contributed by atoms with Crippen LogP contribution in [0.2, 0.25) is 0 Å². The standard InChI is InChI=1S/C25H26N4O4/c1-3-26-23(31)19-11-7-10-18-20(14-27-21(18)19)22(30)25(33)29-13-12-28(15-16(29)2)24(32)17-8-5-4-6-9-17/h4-11,14,16,27H,3,12-13,15H2,1-2H3,(H,26,31). The van der Waals surface area contributed by atoms with Crippen LogP contribution in [0.25, 0.3) is 10.9 Å². The van der Waals surface area contributed by atoms with Gasteiger partial charge in [-0.2, -0.15) is 0 Å². The van der Waals surface area contributed by atoms with Crippen molar-refractivity contribution in [3.8, 4) is 0 Å². The summed E-state index contributed by atoms with van der Waals surface area (Å²) in [6, 6.07) is 13.8. The molecule has 2 heterocycles. The molecule has 4 rings (SSSR count). The van der Waals surface area contributed by atoms with Gasteiger partial charge in [0.15, 0.2) is 0 Å². The maximum atomic E-state index is 13.1. The molecule has 1 aliphatic rings. The van der Waals surface area contributed by atoms with Gasteiger partial charge in [0.2, 0.25) is 0 Å². The van der Waals surface area contributed by atoms with E-state index in [1.807, 2.05) is 32.0 Å². The van der Waals surface area contributed by atoms with Gasteiger partial charge >= 0.3 is 0 Å². The van der Waals surface area contributed by atoms with Crippen LogP contribution < -0.4 is 5.32 Å². The number of carbonyl (C=O) groups is 4. The van der Waals surface area contributed by atoms with E-state index in [-0.39, 0.29) is 30.0 Å². The van der Waals surface area contributed by atoms with Crippen LogP contribution in [0.4, 0.5) is 0 Å². The molecule has 1 aromatic heterocycles. The van der Waals surface area contributed by atoms with Crippen molar-refractivity contribution in [2.75, 3.05) is 26.2 Å². The Balaban J connectivity index is 1.50. The number of nitrogens with zero attached hydrogens (tertiary/aromatic N) is 2.